The van der Waals surface area contributed by atoms with E-state index >= 15 is 0 Å². The summed E-state index contributed by atoms with van der Waals surface area (Å²) < 4.78 is 5.88. The molecule has 0 fully saturated rings. The highest BCUT2D eigenvalue weighted by molar-refractivity contribution is 6.31. The van der Waals surface area contributed by atoms with Crippen LogP contribution in [0.5, 0.6) is 5.75 Å². The second kappa shape index (κ2) is 12.4. The number of halogens is 2. The maximum atomic E-state index is 12.1. The van der Waals surface area contributed by atoms with Gasteiger partial charge in [-0.1, -0.05) is 62.2 Å². The first-order chi connectivity index (χ1) is 13.6. The molecular formula is C22H26Cl2N2O2. The molecular weight excluding hydrogens is 395 g/mol. The van der Waals surface area contributed by atoms with E-state index in [1.165, 1.54) is 31.9 Å². The predicted octanol–water partition coefficient (Wildman–Crippen LogP) is 6.50. The molecule has 4 nitrogen and oxygen atoms in total. The van der Waals surface area contributed by atoms with Crippen molar-refractivity contribution in [3.05, 3.63) is 63.6 Å². The number of nitrogens with one attached hydrogen (secondary N) is 1. The number of rotatable bonds is 11. The second-order valence-corrected chi connectivity index (χ2v) is 7.38. The van der Waals surface area contributed by atoms with Crippen LogP contribution in [-0.2, 0) is 0 Å². The van der Waals surface area contributed by atoms with Crippen LogP contribution >= 0.6 is 23.2 Å². The molecule has 2 rings (SSSR count). The summed E-state index contributed by atoms with van der Waals surface area (Å²) in [6.07, 6.45) is 8.77. The number of amides is 1. The summed E-state index contributed by atoms with van der Waals surface area (Å²) in [6, 6.07) is 12.0. The number of hydrogen-bond acceptors (Lipinski definition) is 3. The molecule has 2 aromatic rings. The van der Waals surface area contributed by atoms with Crippen LogP contribution in [0, 0.1) is 0 Å². The molecule has 0 unspecified atom stereocenters. The van der Waals surface area contributed by atoms with Crippen molar-refractivity contribution in [3.63, 3.8) is 0 Å². The molecule has 0 spiro atoms. The number of carbonyl (C=O) groups excluding carboxylic acids is 1. The molecule has 150 valence electrons. The quantitative estimate of drug-likeness (QED) is 0.256. The van der Waals surface area contributed by atoms with E-state index in [1.54, 1.807) is 36.4 Å². The third-order valence-corrected chi connectivity index (χ3v) is 4.69. The first kappa shape index (κ1) is 22.3. The molecule has 0 aliphatic heterocycles. The van der Waals surface area contributed by atoms with E-state index in [0.717, 1.165) is 18.4 Å². The molecule has 28 heavy (non-hydrogen) atoms. The summed E-state index contributed by atoms with van der Waals surface area (Å²) in [7, 11) is 0. The van der Waals surface area contributed by atoms with Crippen molar-refractivity contribution >= 4 is 35.3 Å². The van der Waals surface area contributed by atoms with Gasteiger partial charge in [-0.15, -0.1) is 0 Å². The van der Waals surface area contributed by atoms with E-state index in [0.29, 0.717) is 28.0 Å². The van der Waals surface area contributed by atoms with Crippen molar-refractivity contribution in [2.45, 2.75) is 45.4 Å². The Balaban J connectivity index is 1.87. The van der Waals surface area contributed by atoms with Gasteiger partial charge in [-0.3, -0.25) is 4.79 Å². The van der Waals surface area contributed by atoms with Gasteiger partial charge >= 0.3 is 0 Å². The molecule has 0 saturated carbocycles. The van der Waals surface area contributed by atoms with Crippen molar-refractivity contribution in [1.82, 2.24) is 5.43 Å². The van der Waals surface area contributed by atoms with E-state index in [-0.39, 0.29) is 5.91 Å². The molecule has 6 heteroatoms. The van der Waals surface area contributed by atoms with Crippen LogP contribution in [-0.4, -0.2) is 18.7 Å². The summed E-state index contributed by atoms with van der Waals surface area (Å²) in [6.45, 7) is 2.86. The van der Waals surface area contributed by atoms with Gasteiger partial charge in [-0.2, -0.15) is 5.10 Å². The Hall–Kier alpha value is -2.04. The Kier molecular flexibility index (Phi) is 9.87. The lowest BCUT2D eigenvalue weighted by Gasteiger charge is -2.09. The summed E-state index contributed by atoms with van der Waals surface area (Å²) >= 11 is 11.9. The van der Waals surface area contributed by atoms with Crippen molar-refractivity contribution < 1.29 is 9.53 Å². The van der Waals surface area contributed by atoms with E-state index in [4.69, 9.17) is 27.9 Å². The van der Waals surface area contributed by atoms with Crippen LogP contribution in [0.3, 0.4) is 0 Å². The predicted molar refractivity (Wildman–Crippen MR) is 117 cm³/mol. The number of carbonyl (C=O) groups is 1. The fourth-order valence-electron chi connectivity index (χ4n) is 2.64. The lowest BCUT2D eigenvalue weighted by molar-refractivity contribution is 0.0955. The first-order valence-electron chi connectivity index (χ1n) is 9.61. The zero-order valence-corrected chi connectivity index (χ0v) is 17.6. The second-order valence-electron chi connectivity index (χ2n) is 6.50. The van der Waals surface area contributed by atoms with Gasteiger partial charge in [0.05, 0.1) is 12.8 Å². The van der Waals surface area contributed by atoms with E-state index in [1.807, 2.05) is 6.07 Å². The van der Waals surface area contributed by atoms with Gasteiger partial charge in [-0.25, -0.2) is 5.43 Å². The number of ether oxygens (including phenoxy) is 1. The zero-order valence-electron chi connectivity index (χ0n) is 16.1. The summed E-state index contributed by atoms with van der Waals surface area (Å²) in [5.41, 5.74) is 3.69. The fraction of sp³-hybridized carbons (Fsp3) is 0.364. The largest absolute Gasteiger partial charge is 0.493 e. The maximum absolute atomic E-state index is 12.1. The lowest BCUT2D eigenvalue weighted by atomic mass is 10.1. The maximum Gasteiger partial charge on any atom is 0.271 e. The zero-order chi connectivity index (χ0) is 20.2. The minimum Gasteiger partial charge on any atom is -0.493 e. The number of unbranched alkanes of at least 4 members (excludes halogenated alkanes) is 5. The molecule has 0 radical (unpaired) electrons. The Labute approximate surface area is 176 Å². The van der Waals surface area contributed by atoms with Crippen molar-refractivity contribution in [1.29, 1.82) is 0 Å². The topological polar surface area (TPSA) is 50.7 Å². The molecule has 0 heterocycles. The van der Waals surface area contributed by atoms with Crippen LogP contribution in [0.25, 0.3) is 0 Å². The Morgan fingerprint density at radius 1 is 1.00 bits per heavy atom. The molecule has 0 saturated heterocycles. The van der Waals surface area contributed by atoms with E-state index < -0.39 is 0 Å². The Bertz CT molecular complexity index is 777. The average molecular weight is 421 g/mol. The van der Waals surface area contributed by atoms with Gasteiger partial charge in [0.2, 0.25) is 0 Å². The molecule has 0 bridgehead atoms. The van der Waals surface area contributed by atoms with Gasteiger partial charge in [0, 0.05) is 21.2 Å². The van der Waals surface area contributed by atoms with E-state index in [9.17, 15) is 4.79 Å². The summed E-state index contributed by atoms with van der Waals surface area (Å²) in [4.78, 5) is 12.1. The van der Waals surface area contributed by atoms with Crippen LogP contribution < -0.4 is 10.2 Å². The van der Waals surface area contributed by atoms with Gasteiger partial charge in [0.15, 0.2) is 0 Å². The van der Waals surface area contributed by atoms with Gasteiger partial charge in [0.25, 0.3) is 5.91 Å². The Morgan fingerprint density at radius 2 is 1.68 bits per heavy atom. The number of hydrogen-bond donors (Lipinski definition) is 1. The summed E-state index contributed by atoms with van der Waals surface area (Å²) in [5, 5.41) is 5.18. The minimum absolute atomic E-state index is 0.315. The molecule has 0 aliphatic carbocycles. The van der Waals surface area contributed by atoms with Crippen LogP contribution in [0.2, 0.25) is 10.0 Å². The third kappa shape index (κ3) is 7.91. The normalized spacial score (nSPS) is 11.0. The van der Waals surface area contributed by atoms with Crippen molar-refractivity contribution in [3.8, 4) is 5.75 Å². The third-order valence-electron chi connectivity index (χ3n) is 4.20. The monoisotopic (exact) mass is 420 g/mol. The Morgan fingerprint density at radius 3 is 2.43 bits per heavy atom. The molecule has 1 amide bonds. The number of hydrazone groups is 1. The molecule has 0 atom stereocenters. The number of nitrogens with zero attached hydrogens (tertiary/aromatic N) is 1. The standard InChI is InChI=1S/C22H26Cl2N2O2/c1-2-3-4-5-6-7-14-28-21-13-12-20(24)15-18(21)16-25-26-22(27)17-8-10-19(23)11-9-17/h8-13,15-16H,2-7,14H2,1H3,(H,26,27)/b25-16+. The van der Waals surface area contributed by atoms with Gasteiger partial charge in [0.1, 0.15) is 5.75 Å². The van der Waals surface area contributed by atoms with E-state index in [2.05, 4.69) is 17.5 Å². The van der Waals surface area contributed by atoms with Crippen LogP contribution in [0.4, 0.5) is 0 Å². The molecule has 0 aliphatic rings. The van der Waals surface area contributed by atoms with Crippen LogP contribution in [0.1, 0.15) is 61.4 Å². The molecule has 2 aromatic carbocycles. The van der Waals surface area contributed by atoms with Gasteiger partial charge in [-0.05, 0) is 48.9 Å². The van der Waals surface area contributed by atoms with Crippen molar-refractivity contribution in [2.24, 2.45) is 5.10 Å². The minimum atomic E-state index is -0.315. The van der Waals surface area contributed by atoms with Crippen molar-refractivity contribution in [2.75, 3.05) is 6.61 Å². The SMILES string of the molecule is CCCCCCCCOc1ccc(Cl)cc1/C=N/NC(=O)c1ccc(Cl)cc1. The average Bonchev–Trinajstić information content (AvgIpc) is 2.69. The molecule has 1 N–H and O–H groups in total. The summed E-state index contributed by atoms with van der Waals surface area (Å²) in [5.74, 6) is 0.381. The molecule has 0 aromatic heterocycles. The highest BCUT2D eigenvalue weighted by Gasteiger charge is 2.05. The highest BCUT2D eigenvalue weighted by atomic mass is 35.5. The lowest BCUT2D eigenvalue weighted by Crippen LogP contribution is -2.17. The number of benzene rings is 2. The highest BCUT2D eigenvalue weighted by Crippen LogP contribution is 2.22. The fourth-order valence-corrected chi connectivity index (χ4v) is 2.95. The first-order valence-corrected chi connectivity index (χ1v) is 10.4. The van der Waals surface area contributed by atoms with Gasteiger partial charge < -0.3 is 4.74 Å². The smallest absolute Gasteiger partial charge is 0.271 e. The van der Waals surface area contributed by atoms with Crippen LogP contribution in [0.15, 0.2) is 47.6 Å².